The molecule has 9 heteroatoms. The van der Waals surface area contributed by atoms with Crippen LogP contribution in [0.1, 0.15) is 6.42 Å². The number of fused-ring (bicyclic) bond motifs is 1. The molecular formula is C11H11N3O5S. The molecule has 20 heavy (non-hydrogen) atoms. The molecule has 2 heterocycles. The number of hydrogen-bond donors (Lipinski definition) is 1. The Bertz CT molecular complexity index is 782. The van der Waals surface area contributed by atoms with Gasteiger partial charge in [0.05, 0.1) is 22.5 Å². The van der Waals surface area contributed by atoms with E-state index in [1.807, 2.05) is 0 Å². The third kappa shape index (κ3) is 2.44. The Kier molecular flexibility index (Phi) is 2.85. The maximum Gasteiger partial charge on any atom is 0.295 e. The number of nitrogens with zero attached hydrogens (tertiary/aromatic N) is 2. The fourth-order valence-corrected chi connectivity index (χ4v) is 3.85. The summed E-state index contributed by atoms with van der Waals surface area (Å²) >= 11 is 0. The molecule has 3 rings (SSSR count). The zero-order chi connectivity index (χ0) is 14.3. The molecule has 1 atom stereocenters. The van der Waals surface area contributed by atoms with Gasteiger partial charge in [-0.3, -0.25) is 10.1 Å². The summed E-state index contributed by atoms with van der Waals surface area (Å²) in [5, 5.41) is 13.6. The van der Waals surface area contributed by atoms with E-state index in [4.69, 9.17) is 4.42 Å². The Labute approximate surface area is 113 Å². The quantitative estimate of drug-likeness (QED) is 0.671. The van der Waals surface area contributed by atoms with Crippen LogP contribution in [0.5, 0.6) is 0 Å². The second kappa shape index (κ2) is 4.44. The summed E-state index contributed by atoms with van der Waals surface area (Å²) < 4.78 is 28.1. The summed E-state index contributed by atoms with van der Waals surface area (Å²) in [7, 11) is -2.98. The lowest BCUT2D eigenvalue weighted by Gasteiger charge is -2.06. The SMILES string of the molecule is O=[N+]([O-])c1ccc2nc(NC3CCS(=O)(=O)C3)oc2c1. The number of sulfone groups is 1. The van der Waals surface area contributed by atoms with Crippen LogP contribution in [0.2, 0.25) is 0 Å². The van der Waals surface area contributed by atoms with E-state index < -0.39 is 14.8 Å². The summed E-state index contributed by atoms with van der Waals surface area (Å²) in [4.78, 5) is 14.3. The van der Waals surface area contributed by atoms with Crippen LogP contribution >= 0.6 is 0 Å². The lowest BCUT2D eigenvalue weighted by atomic mass is 10.3. The van der Waals surface area contributed by atoms with Gasteiger partial charge in [0, 0.05) is 12.1 Å². The first-order valence-corrected chi connectivity index (χ1v) is 7.77. The molecule has 1 unspecified atom stereocenters. The number of hydrogen-bond acceptors (Lipinski definition) is 7. The minimum absolute atomic E-state index is 0.0475. The van der Waals surface area contributed by atoms with Gasteiger partial charge in [-0.15, -0.1) is 0 Å². The van der Waals surface area contributed by atoms with E-state index in [-0.39, 0.29) is 29.2 Å². The molecule has 2 aromatic rings. The largest absolute Gasteiger partial charge is 0.423 e. The maximum atomic E-state index is 11.4. The lowest BCUT2D eigenvalue weighted by Crippen LogP contribution is -2.20. The van der Waals surface area contributed by atoms with Gasteiger partial charge < -0.3 is 9.73 Å². The van der Waals surface area contributed by atoms with Gasteiger partial charge >= 0.3 is 0 Å². The Balaban J connectivity index is 1.84. The van der Waals surface area contributed by atoms with Gasteiger partial charge in [-0.1, -0.05) is 0 Å². The van der Waals surface area contributed by atoms with Crippen LogP contribution in [0.4, 0.5) is 11.7 Å². The molecule has 1 aromatic carbocycles. The Morgan fingerprint density at radius 3 is 2.90 bits per heavy atom. The average Bonchev–Trinajstić information content (AvgIpc) is 2.91. The van der Waals surface area contributed by atoms with Crippen LogP contribution in [0.3, 0.4) is 0 Å². The highest BCUT2D eigenvalue weighted by atomic mass is 32.2. The number of oxazole rings is 1. The molecule has 1 aliphatic rings. The Morgan fingerprint density at radius 1 is 1.45 bits per heavy atom. The van der Waals surface area contributed by atoms with E-state index >= 15 is 0 Å². The maximum absolute atomic E-state index is 11.4. The number of benzene rings is 1. The minimum Gasteiger partial charge on any atom is -0.423 e. The third-order valence-electron chi connectivity index (χ3n) is 3.14. The zero-order valence-corrected chi connectivity index (χ0v) is 11.1. The number of nitrogens with one attached hydrogen (secondary N) is 1. The second-order valence-corrected chi connectivity index (χ2v) is 6.90. The summed E-state index contributed by atoms with van der Waals surface area (Å²) in [5.41, 5.74) is 0.699. The number of anilines is 1. The number of non-ortho nitro benzene ring substituents is 1. The molecule has 106 valence electrons. The van der Waals surface area contributed by atoms with E-state index in [1.165, 1.54) is 18.2 Å². The molecule has 0 amide bonds. The van der Waals surface area contributed by atoms with Crippen LogP contribution < -0.4 is 5.32 Å². The lowest BCUT2D eigenvalue weighted by molar-refractivity contribution is -0.384. The first-order chi connectivity index (χ1) is 9.43. The van der Waals surface area contributed by atoms with Crippen LogP contribution in [0.15, 0.2) is 22.6 Å². The molecule has 1 fully saturated rings. The van der Waals surface area contributed by atoms with E-state index in [0.29, 0.717) is 17.5 Å². The van der Waals surface area contributed by atoms with Crippen molar-refractivity contribution in [3.63, 3.8) is 0 Å². The molecule has 1 aromatic heterocycles. The Morgan fingerprint density at radius 2 is 2.25 bits per heavy atom. The minimum atomic E-state index is -2.98. The molecule has 0 radical (unpaired) electrons. The zero-order valence-electron chi connectivity index (χ0n) is 10.3. The highest BCUT2D eigenvalue weighted by molar-refractivity contribution is 7.91. The number of rotatable bonds is 3. The summed E-state index contributed by atoms with van der Waals surface area (Å²) in [5.74, 6) is 0.197. The fourth-order valence-electron chi connectivity index (χ4n) is 2.17. The van der Waals surface area contributed by atoms with Gasteiger partial charge in [-0.25, -0.2) is 8.42 Å². The number of nitro groups is 1. The van der Waals surface area contributed by atoms with Crippen LogP contribution in [-0.2, 0) is 9.84 Å². The number of aromatic nitrogens is 1. The van der Waals surface area contributed by atoms with E-state index in [1.54, 1.807) is 0 Å². The predicted octanol–water partition coefficient (Wildman–Crippen LogP) is 1.33. The second-order valence-electron chi connectivity index (χ2n) is 4.67. The van der Waals surface area contributed by atoms with Crippen molar-refractivity contribution in [1.82, 2.24) is 4.98 Å². The van der Waals surface area contributed by atoms with Gasteiger partial charge in [-0.2, -0.15) is 4.98 Å². The summed E-state index contributed by atoms with van der Waals surface area (Å²) in [6.45, 7) is 0. The Hall–Kier alpha value is -2.16. The normalized spacial score (nSPS) is 21.1. The first kappa shape index (κ1) is 12.9. The van der Waals surface area contributed by atoms with Gasteiger partial charge in [0.1, 0.15) is 5.52 Å². The third-order valence-corrected chi connectivity index (χ3v) is 4.91. The summed E-state index contributed by atoms with van der Waals surface area (Å²) in [6.07, 6.45) is 0.501. The predicted molar refractivity (Wildman–Crippen MR) is 71.3 cm³/mol. The van der Waals surface area contributed by atoms with E-state index in [9.17, 15) is 18.5 Å². The van der Waals surface area contributed by atoms with E-state index in [2.05, 4.69) is 10.3 Å². The van der Waals surface area contributed by atoms with Crippen molar-refractivity contribution in [3.05, 3.63) is 28.3 Å². The van der Waals surface area contributed by atoms with Crippen LogP contribution in [-0.4, -0.2) is 35.9 Å². The standard InChI is InChI=1S/C11H11N3O5S/c15-14(16)8-1-2-9-10(5-8)19-11(13-9)12-7-3-4-20(17,18)6-7/h1-2,5,7H,3-4,6H2,(H,12,13). The van der Waals surface area contributed by atoms with Gasteiger partial charge in [0.15, 0.2) is 15.4 Å². The van der Waals surface area contributed by atoms with Crippen molar-refractivity contribution < 1.29 is 17.8 Å². The van der Waals surface area contributed by atoms with Crippen molar-refractivity contribution in [1.29, 1.82) is 0 Å². The molecule has 0 aliphatic carbocycles. The highest BCUT2D eigenvalue weighted by Crippen LogP contribution is 2.25. The topological polar surface area (TPSA) is 115 Å². The van der Waals surface area contributed by atoms with Gasteiger partial charge in [-0.05, 0) is 12.5 Å². The van der Waals surface area contributed by atoms with Crippen LogP contribution in [0, 0.1) is 10.1 Å². The molecule has 1 aliphatic heterocycles. The van der Waals surface area contributed by atoms with Crippen molar-refractivity contribution in [2.45, 2.75) is 12.5 Å². The average molecular weight is 297 g/mol. The van der Waals surface area contributed by atoms with E-state index in [0.717, 1.165) is 0 Å². The molecule has 0 saturated carbocycles. The summed E-state index contributed by atoms with van der Waals surface area (Å²) in [6, 6.07) is 4.08. The monoisotopic (exact) mass is 297 g/mol. The molecular weight excluding hydrogens is 286 g/mol. The van der Waals surface area contributed by atoms with Crippen molar-refractivity contribution >= 4 is 32.6 Å². The van der Waals surface area contributed by atoms with Gasteiger partial charge in [0.25, 0.3) is 11.7 Å². The molecule has 1 N–H and O–H groups in total. The number of nitro benzene ring substituents is 1. The fraction of sp³-hybridized carbons (Fsp3) is 0.364. The first-order valence-electron chi connectivity index (χ1n) is 5.95. The van der Waals surface area contributed by atoms with Crippen LogP contribution in [0.25, 0.3) is 11.1 Å². The van der Waals surface area contributed by atoms with Crippen molar-refractivity contribution in [2.75, 3.05) is 16.8 Å². The molecule has 1 saturated heterocycles. The van der Waals surface area contributed by atoms with Crippen molar-refractivity contribution in [3.8, 4) is 0 Å². The van der Waals surface area contributed by atoms with Gasteiger partial charge in [0.2, 0.25) is 0 Å². The highest BCUT2D eigenvalue weighted by Gasteiger charge is 2.28. The molecule has 0 bridgehead atoms. The smallest absolute Gasteiger partial charge is 0.295 e. The molecule has 8 nitrogen and oxygen atoms in total. The molecule has 0 spiro atoms. The van der Waals surface area contributed by atoms with Crippen molar-refractivity contribution in [2.24, 2.45) is 0 Å².